The monoisotopic (exact) mass is 313 g/mol. The number of carboxylic acid groups (broad SMARTS) is 1. The van der Waals surface area contributed by atoms with Gasteiger partial charge < -0.3 is 10.8 Å². The molecule has 0 fully saturated rings. The number of carbonyl (C=O) groups is 1. The summed E-state index contributed by atoms with van der Waals surface area (Å²) in [6, 6.07) is 4.35. The zero-order valence-corrected chi connectivity index (χ0v) is 10.8. The molecule has 0 saturated carbocycles. The van der Waals surface area contributed by atoms with Gasteiger partial charge in [0, 0.05) is 9.50 Å². The lowest BCUT2D eigenvalue weighted by Gasteiger charge is -2.07. The molecule has 0 spiro atoms. The van der Waals surface area contributed by atoms with E-state index in [1.54, 1.807) is 18.2 Å². The predicted molar refractivity (Wildman–Crippen MR) is 65.7 cm³/mol. The summed E-state index contributed by atoms with van der Waals surface area (Å²) in [6.07, 6.45) is 0.272. The summed E-state index contributed by atoms with van der Waals surface area (Å²) >= 11 is 9.06. The molecule has 3 nitrogen and oxygen atoms in total. The number of aliphatic carboxylic acids is 1. The first kappa shape index (κ1) is 14.7. The SMILES string of the molecule is Cl.N[C@@H](Cc1cc(Cl)cc(Br)c1)C(=O)O. The maximum absolute atomic E-state index is 10.5. The molecule has 0 aliphatic heterocycles. The van der Waals surface area contributed by atoms with Crippen molar-refractivity contribution in [3.63, 3.8) is 0 Å². The Bertz CT molecular complexity index is 340. The Balaban J connectivity index is 0.00000196. The average Bonchev–Trinajstić information content (AvgIpc) is 2.01. The Hall–Kier alpha value is -0.290. The van der Waals surface area contributed by atoms with Crippen LogP contribution in [0.2, 0.25) is 5.02 Å². The Morgan fingerprint density at radius 2 is 2.13 bits per heavy atom. The van der Waals surface area contributed by atoms with Gasteiger partial charge in [-0.15, -0.1) is 12.4 Å². The third-order valence-electron chi connectivity index (χ3n) is 1.70. The van der Waals surface area contributed by atoms with Gasteiger partial charge in [0.2, 0.25) is 0 Å². The predicted octanol–water partition coefficient (Wildman–Crippen LogP) is 2.48. The molecule has 1 aromatic carbocycles. The zero-order chi connectivity index (χ0) is 10.7. The van der Waals surface area contributed by atoms with E-state index in [-0.39, 0.29) is 18.8 Å². The molecule has 0 heterocycles. The minimum absolute atomic E-state index is 0. The molecule has 0 aliphatic carbocycles. The molecule has 0 radical (unpaired) electrons. The van der Waals surface area contributed by atoms with Crippen LogP contribution < -0.4 is 5.73 Å². The molecule has 1 aromatic rings. The molecule has 0 aliphatic rings. The number of benzene rings is 1. The third-order valence-corrected chi connectivity index (χ3v) is 2.37. The van der Waals surface area contributed by atoms with Crippen LogP contribution in [0.3, 0.4) is 0 Å². The van der Waals surface area contributed by atoms with Crippen molar-refractivity contribution in [3.8, 4) is 0 Å². The average molecular weight is 315 g/mol. The quantitative estimate of drug-likeness (QED) is 0.901. The van der Waals surface area contributed by atoms with E-state index in [4.69, 9.17) is 22.4 Å². The highest BCUT2D eigenvalue weighted by molar-refractivity contribution is 9.10. The van der Waals surface area contributed by atoms with Gasteiger partial charge >= 0.3 is 5.97 Å². The second kappa shape index (κ2) is 6.33. The summed E-state index contributed by atoms with van der Waals surface area (Å²) in [5.41, 5.74) is 6.20. The number of rotatable bonds is 3. The van der Waals surface area contributed by atoms with Crippen LogP contribution in [0, 0.1) is 0 Å². The van der Waals surface area contributed by atoms with Crippen LogP contribution >= 0.6 is 39.9 Å². The van der Waals surface area contributed by atoms with Crippen molar-refractivity contribution in [1.82, 2.24) is 0 Å². The molecule has 0 bridgehead atoms. The molecule has 15 heavy (non-hydrogen) atoms. The molecule has 1 rings (SSSR count). The number of hydrogen-bond acceptors (Lipinski definition) is 2. The van der Waals surface area contributed by atoms with Crippen molar-refractivity contribution in [1.29, 1.82) is 0 Å². The highest BCUT2D eigenvalue weighted by Crippen LogP contribution is 2.20. The zero-order valence-electron chi connectivity index (χ0n) is 7.61. The Morgan fingerprint density at radius 1 is 1.53 bits per heavy atom. The molecule has 84 valence electrons. The molecule has 0 aromatic heterocycles. The molecular weight excluding hydrogens is 305 g/mol. The van der Waals surface area contributed by atoms with Crippen molar-refractivity contribution in [2.24, 2.45) is 5.73 Å². The van der Waals surface area contributed by atoms with E-state index < -0.39 is 12.0 Å². The van der Waals surface area contributed by atoms with Crippen LogP contribution in [0.1, 0.15) is 5.56 Å². The van der Waals surface area contributed by atoms with Crippen molar-refractivity contribution in [3.05, 3.63) is 33.3 Å². The van der Waals surface area contributed by atoms with Gasteiger partial charge in [0.15, 0.2) is 0 Å². The largest absolute Gasteiger partial charge is 0.480 e. The fraction of sp³-hybridized carbons (Fsp3) is 0.222. The van der Waals surface area contributed by atoms with E-state index in [0.29, 0.717) is 5.02 Å². The van der Waals surface area contributed by atoms with Gasteiger partial charge in [-0.05, 0) is 30.2 Å². The first-order chi connectivity index (χ1) is 6.49. The van der Waals surface area contributed by atoms with Gasteiger partial charge in [-0.3, -0.25) is 4.79 Å². The maximum Gasteiger partial charge on any atom is 0.320 e. The Morgan fingerprint density at radius 3 is 2.60 bits per heavy atom. The second-order valence-electron chi connectivity index (χ2n) is 2.93. The fourth-order valence-corrected chi connectivity index (χ4v) is 2.00. The van der Waals surface area contributed by atoms with Gasteiger partial charge in [0.25, 0.3) is 0 Å². The Kier molecular flexibility index (Phi) is 6.20. The fourth-order valence-electron chi connectivity index (χ4n) is 1.07. The molecule has 3 N–H and O–H groups in total. The van der Waals surface area contributed by atoms with E-state index >= 15 is 0 Å². The van der Waals surface area contributed by atoms with Gasteiger partial charge in [0.1, 0.15) is 6.04 Å². The first-order valence-electron chi connectivity index (χ1n) is 3.92. The van der Waals surface area contributed by atoms with Gasteiger partial charge in [-0.1, -0.05) is 27.5 Å². The van der Waals surface area contributed by atoms with Crippen molar-refractivity contribution < 1.29 is 9.90 Å². The normalized spacial score (nSPS) is 11.7. The molecule has 0 unspecified atom stereocenters. The van der Waals surface area contributed by atoms with Crippen molar-refractivity contribution >= 4 is 45.9 Å². The van der Waals surface area contributed by atoms with Crippen LogP contribution in [0.5, 0.6) is 0 Å². The summed E-state index contributed by atoms with van der Waals surface area (Å²) in [5, 5.41) is 9.17. The highest BCUT2D eigenvalue weighted by atomic mass is 79.9. The lowest BCUT2D eigenvalue weighted by atomic mass is 10.1. The molecular formula is C9H10BrCl2NO2. The first-order valence-corrected chi connectivity index (χ1v) is 5.09. The number of halogens is 3. The minimum Gasteiger partial charge on any atom is -0.480 e. The van der Waals surface area contributed by atoms with Gasteiger partial charge in [0.05, 0.1) is 0 Å². The Labute approximate surface area is 107 Å². The summed E-state index contributed by atoms with van der Waals surface area (Å²) < 4.78 is 0.817. The molecule has 1 atom stereocenters. The summed E-state index contributed by atoms with van der Waals surface area (Å²) in [5.74, 6) is -1.01. The van der Waals surface area contributed by atoms with E-state index in [1.165, 1.54) is 0 Å². The van der Waals surface area contributed by atoms with Gasteiger partial charge in [-0.25, -0.2) is 0 Å². The molecule has 0 amide bonds. The smallest absolute Gasteiger partial charge is 0.320 e. The highest BCUT2D eigenvalue weighted by Gasteiger charge is 2.12. The van der Waals surface area contributed by atoms with Crippen LogP contribution in [0.4, 0.5) is 0 Å². The second-order valence-corrected chi connectivity index (χ2v) is 4.28. The lowest BCUT2D eigenvalue weighted by Crippen LogP contribution is -2.32. The van der Waals surface area contributed by atoms with E-state index in [9.17, 15) is 4.79 Å². The van der Waals surface area contributed by atoms with E-state index in [2.05, 4.69) is 15.9 Å². The van der Waals surface area contributed by atoms with E-state index in [0.717, 1.165) is 10.0 Å². The topological polar surface area (TPSA) is 63.3 Å². The van der Waals surface area contributed by atoms with Gasteiger partial charge in [-0.2, -0.15) is 0 Å². The number of nitrogens with two attached hydrogens (primary N) is 1. The van der Waals surface area contributed by atoms with Crippen molar-refractivity contribution in [2.75, 3.05) is 0 Å². The van der Waals surface area contributed by atoms with Crippen LogP contribution in [0.15, 0.2) is 22.7 Å². The maximum atomic E-state index is 10.5. The molecule has 0 saturated heterocycles. The standard InChI is InChI=1S/C9H9BrClNO2.ClH/c10-6-1-5(2-7(11)4-6)3-8(12)9(13)14;/h1-2,4,8H,3,12H2,(H,13,14);1H/t8-;/m0./s1. The lowest BCUT2D eigenvalue weighted by molar-refractivity contribution is -0.138. The summed E-state index contributed by atoms with van der Waals surface area (Å²) in [4.78, 5) is 10.5. The minimum atomic E-state index is -1.01. The number of carboxylic acids is 1. The summed E-state index contributed by atoms with van der Waals surface area (Å²) in [7, 11) is 0. The van der Waals surface area contributed by atoms with Crippen LogP contribution in [-0.2, 0) is 11.2 Å². The van der Waals surface area contributed by atoms with Crippen molar-refractivity contribution in [2.45, 2.75) is 12.5 Å². The third kappa shape index (κ3) is 4.84. The van der Waals surface area contributed by atoms with Crippen LogP contribution in [-0.4, -0.2) is 17.1 Å². The molecule has 6 heteroatoms. The van der Waals surface area contributed by atoms with Crippen LogP contribution in [0.25, 0.3) is 0 Å². The van der Waals surface area contributed by atoms with E-state index in [1.807, 2.05) is 0 Å². The summed E-state index contributed by atoms with van der Waals surface area (Å²) in [6.45, 7) is 0. The number of hydrogen-bond donors (Lipinski definition) is 2.